The predicted octanol–water partition coefficient (Wildman–Crippen LogP) is 3.76. The van der Waals surface area contributed by atoms with Crippen molar-refractivity contribution in [2.75, 3.05) is 13.7 Å². The van der Waals surface area contributed by atoms with Crippen LogP contribution in [0.4, 0.5) is 0 Å². The highest BCUT2D eigenvalue weighted by Gasteiger charge is 2.25. The number of hydrogen-bond acceptors (Lipinski definition) is 6. The van der Waals surface area contributed by atoms with Crippen molar-refractivity contribution in [2.45, 2.75) is 45.7 Å². The van der Waals surface area contributed by atoms with Gasteiger partial charge in [-0.3, -0.25) is 9.69 Å². The largest absolute Gasteiger partial charge is 0.496 e. The number of fused-ring (bicyclic) bond motifs is 1. The van der Waals surface area contributed by atoms with Crippen LogP contribution < -0.4 is 10.3 Å². The Bertz CT molecular complexity index is 1080. The lowest BCUT2D eigenvalue weighted by atomic mass is 9.95. The van der Waals surface area contributed by atoms with Crippen LogP contribution in [0.2, 0.25) is 0 Å². The third-order valence-corrected chi connectivity index (χ3v) is 6.14. The maximum Gasteiger partial charge on any atom is 0.255 e. The molecule has 6 nitrogen and oxygen atoms in total. The molecule has 1 aliphatic rings. The van der Waals surface area contributed by atoms with E-state index in [4.69, 9.17) is 9.72 Å². The second-order valence-electron chi connectivity index (χ2n) is 8.38. The van der Waals surface area contributed by atoms with Crippen LogP contribution in [-0.2, 0) is 24.9 Å². The van der Waals surface area contributed by atoms with E-state index in [0.29, 0.717) is 6.54 Å². The Labute approximate surface area is 174 Å². The third kappa shape index (κ3) is 4.11. The van der Waals surface area contributed by atoms with E-state index in [9.17, 15) is 4.79 Å². The standard InChI is InChI=1S/C22H26N4O2S/c1-22(2,3)21-24-17-9-10-26(13-16(17)19(27)25-21)12-14-11-23-20(29-14)15-7-5-6-8-18(15)28-4/h5-8,11H,9-10,12-13H2,1-4H3,(H,24,25,27). The highest BCUT2D eigenvalue weighted by molar-refractivity contribution is 7.15. The first-order chi connectivity index (χ1) is 13.8. The summed E-state index contributed by atoms with van der Waals surface area (Å²) in [5.41, 5.74) is 2.56. The quantitative estimate of drug-likeness (QED) is 0.709. The summed E-state index contributed by atoms with van der Waals surface area (Å²) in [4.78, 5) is 28.4. The molecular formula is C22H26N4O2S. The Morgan fingerprint density at radius 2 is 2.07 bits per heavy atom. The highest BCUT2D eigenvalue weighted by Crippen LogP contribution is 2.33. The second kappa shape index (κ2) is 7.72. The van der Waals surface area contributed by atoms with Gasteiger partial charge in [-0.25, -0.2) is 9.97 Å². The molecular weight excluding hydrogens is 384 g/mol. The number of rotatable bonds is 4. The van der Waals surface area contributed by atoms with Crippen LogP contribution in [0.3, 0.4) is 0 Å². The van der Waals surface area contributed by atoms with Gasteiger partial charge in [0.25, 0.3) is 5.56 Å². The molecule has 0 unspecified atom stereocenters. The summed E-state index contributed by atoms with van der Waals surface area (Å²) in [6, 6.07) is 7.92. The number of ether oxygens (including phenoxy) is 1. The number of H-pyrrole nitrogens is 1. The van der Waals surface area contributed by atoms with E-state index in [1.165, 1.54) is 4.88 Å². The minimum absolute atomic E-state index is 0.0105. The molecule has 2 aromatic heterocycles. The fraction of sp³-hybridized carbons (Fsp3) is 0.409. The van der Waals surface area contributed by atoms with Crippen molar-refractivity contribution in [3.8, 4) is 16.3 Å². The SMILES string of the molecule is COc1ccccc1-c1ncc(CN2CCc3nc(C(C)(C)C)[nH]c(=O)c3C2)s1. The van der Waals surface area contributed by atoms with Crippen LogP contribution in [0.25, 0.3) is 10.6 Å². The number of methoxy groups -OCH3 is 1. The zero-order chi connectivity index (χ0) is 20.6. The first-order valence-corrected chi connectivity index (χ1v) is 10.6. The van der Waals surface area contributed by atoms with Gasteiger partial charge in [-0.1, -0.05) is 32.9 Å². The van der Waals surface area contributed by atoms with Crippen LogP contribution in [0.15, 0.2) is 35.3 Å². The van der Waals surface area contributed by atoms with Crippen molar-refractivity contribution < 1.29 is 4.74 Å². The fourth-order valence-corrected chi connectivity index (χ4v) is 4.50. The zero-order valence-electron chi connectivity index (χ0n) is 17.3. The van der Waals surface area contributed by atoms with E-state index in [-0.39, 0.29) is 11.0 Å². The number of hydrogen-bond donors (Lipinski definition) is 1. The van der Waals surface area contributed by atoms with E-state index in [1.54, 1.807) is 18.4 Å². The average Bonchev–Trinajstić information content (AvgIpc) is 3.16. The van der Waals surface area contributed by atoms with Gasteiger partial charge < -0.3 is 9.72 Å². The van der Waals surface area contributed by atoms with E-state index in [0.717, 1.165) is 52.9 Å². The van der Waals surface area contributed by atoms with Gasteiger partial charge in [-0.15, -0.1) is 11.3 Å². The fourth-order valence-electron chi connectivity index (χ4n) is 3.52. The zero-order valence-corrected chi connectivity index (χ0v) is 18.1. The van der Waals surface area contributed by atoms with Crippen molar-refractivity contribution in [1.29, 1.82) is 0 Å². The minimum atomic E-state index is -0.164. The normalized spacial score (nSPS) is 14.6. The highest BCUT2D eigenvalue weighted by atomic mass is 32.1. The van der Waals surface area contributed by atoms with E-state index >= 15 is 0 Å². The smallest absolute Gasteiger partial charge is 0.255 e. The maximum atomic E-state index is 12.6. The molecule has 0 atom stereocenters. The van der Waals surface area contributed by atoms with Crippen LogP contribution >= 0.6 is 11.3 Å². The van der Waals surface area contributed by atoms with Crippen LogP contribution in [-0.4, -0.2) is 33.5 Å². The van der Waals surface area contributed by atoms with Crippen LogP contribution in [0.5, 0.6) is 5.75 Å². The van der Waals surface area contributed by atoms with E-state index < -0.39 is 0 Å². The average molecular weight is 411 g/mol. The molecule has 4 rings (SSSR count). The van der Waals surface area contributed by atoms with Crippen molar-refractivity contribution in [3.05, 3.63) is 62.8 Å². The first-order valence-electron chi connectivity index (χ1n) is 9.78. The Kier molecular flexibility index (Phi) is 5.27. The molecule has 0 amide bonds. The molecule has 7 heteroatoms. The van der Waals surface area contributed by atoms with Gasteiger partial charge in [-0.2, -0.15) is 0 Å². The number of thiazole rings is 1. The first kappa shape index (κ1) is 19.8. The number of para-hydroxylation sites is 1. The Morgan fingerprint density at radius 1 is 1.28 bits per heavy atom. The third-order valence-electron chi connectivity index (χ3n) is 5.13. The molecule has 152 valence electrons. The Balaban J connectivity index is 1.52. The van der Waals surface area contributed by atoms with Gasteiger partial charge in [0.1, 0.15) is 16.6 Å². The molecule has 0 aliphatic carbocycles. The molecule has 1 N–H and O–H groups in total. The molecule has 3 aromatic rings. The van der Waals surface area contributed by atoms with Gasteiger partial charge in [0, 0.05) is 42.5 Å². The Hall–Kier alpha value is -2.51. The summed E-state index contributed by atoms with van der Waals surface area (Å²) in [6.45, 7) is 8.47. The summed E-state index contributed by atoms with van der Waals surface area (Å²) >= 11 is 1.67. The topological polar surface area (TPSA) is 71.1 Å². The molecule has 0 saturated heterocycles. The lowest BCUT2D eigenvalue weighted by molar-refractivity contribution is 0.243. The number of nitrogens with one attached hydrogen (secondary N) is 1. The molecule has 0 spiro atoms. The monoisotopic (exact) mass is 410 g/mol. The lowest BCUT2D eigenvalue weighted by Crippen LogP contribution is -2.36. The number of aromatic nitrogens is 3. The number of benzene rings is 1. The van der Waals surface area contributed by atoms with Gasteiger partial charge in [0.15, 0.2) is 0 Å². The molecule has 29 heavy (non-hydrogen) atoms. The molecule has 0 bridgehead atoms. The van der Waals surface area contributed by atoms with Crippen molar-refractivity contribution in [2.24, 2.45) is 0 Å². The molecule has 0 fully saturated rings. The Morgan fingerprint density at radius 3 is 2.83 bits per heavy atom. The van der Waals surface area contributed by atoms with Gasteiger partial charge in [-0.05, 0) is 12.1 Å². The predicted molar refractivity (Wildman–Crippen MR) is 115 cm³/mol. The second-order valence-corrected chi connectivity index (χ2v) is 9.50. The van der Waals surface area contributed by atoms with Crippen LogP contribution in [0.1, 0.15) is 42.7 Å². The summed E-state index contributed by atoms with van der Waals surface area (Å²) in [5.74, 6) is 1.59. The lowest BCUT2D eigenvalue weighted by Gasteiger charge is -2.28. The number of aromatic amines is 1. The van der Waals surface area contributed by atoms with Gasteiger partial charge in [0.05, 0.1) is 23.9 Å². The maximum absolute atomic E-state index is 12.6. The van der Waals surface area contributed by atoms with Crippen molar-refractivity contribution in [1.82, 2.24) is 19.9 Å². The van der Waals surface area contributed by atoms with Crippen LogP contribution in [0, 0.1) is 0 Å². The molecule has 1 aromatic carbocycles. The molecule has 1 aliphatic heterocycles. The van der Waals surface area contributed by atoms with E-state index in [2.05, 4.69) is 35.6 Å². The number of nitrogens with zero attached hydrogens (tertiary/aromatic N) is 3. The summed E-state index contributed by atoms with van der Waals surface area (Å²) < 4.78 is 5.46. The molecule has 0 saturated carbocycles. The minimum Gasteiger partial charge on any atom is -0.496 e. The molecule has 0 radical (unpaired) electrons. The van der Waals surface area contributed by atoms with E-state index in [1.807, 2.05) is 30.5 Å². The summed E-state index contributed by atoms with van der Waals surface area (Å²) in [6.07, 6.45) is 2.72. The van der Waals surface area contributed by atoms with Crippen molar-refractivity contribution >= 4 is 11.3 Å². The molecule has 3 heterocycles. The van der Waals surface area contributed by atoms with Crippen molar-refractivity contribution in [3.63, 3.8) is 0 Å². The summed E-state index contributed by atoms with van der Waals surface area (Å²) in [5, 5.41) is 0.948. The summed E-state index contributed by atoms with van der Waals surface area (Å²) in [7, 11) is 1.68. The van der Waals surface area contributed by atoms with Gasteiger partial charge in [0.2, 0.25) is 0 Å². The van der Waals surface area contributed by atoms with Gasteiger partial charge >= 0.3 is 0 Å².